The van der Waals surface area contributed by atoms with Crippen LogP contribution in [0, 0.1) is 5.41 Å². The van der Waals surface area contributed by atoms with Gasteiger partial charge < -0.3 is 31.6 Å². The number of nitrogen functional groups attached to an aromatic ring is 2. The Labute approximate surface area is 201 Å². The third kappa shape index (κ3) is 5.61. The predicted octanol–water partition coefficient (Wildman–Crippen LogP) is 2.09. The Balaban J connectivity index is 2.05. The molecule has 0 radical (unpaired) electrons. The minimum absolute atomic E-state index is 0.0206. The molecule has 0 aromatic heterocycles. The first kappa shape index (κ1) is 25.3. The minimum Gasteiger partial charge on any atom is -0.460 e. The van der Waals surface area contributed by atoms with Crippen molar-refractivity contribution < 1.29 is 23.0 Å². The van der Waals surface area contributed by atoms with E-state index in [1.54, 1.807) is 18.2 Å². The van der Waals surface area contributed by atoms with Gasteiger partial charge >= 0.3 is 0 Å². The summed E-state index contributed by atoms with van der Waals surface area (Å²) < 4.78 is 42.2. The smallest absolute Gasteiger partial charge is 0.250 e. The number of hydrazine groups is 1. The van der Waals surface area contributed by atoms with Gasteiger partial charge in [0.1, 0.15) is 17.3 Å². The highest BCUT2D eigenvalue weighted by molar-refractivity contribution is 5.95. The van der Waals surface area contributed by atoms with Crippen LogP contribution in [0.5, 0.6) is 11.5 Å². The Morgan fingerprint density at radius 3 is 2.54 bits per heavy atom. The maximum Gasteiger partial charge on any atom is 0.250 e. The molecule has 186 valence electrons. The number of nitrogens with two attached hydrogens (primary N) is 3. The highest BCUT2D eigenvalue weighted by atomic mass is 19.1. The molecular weight excluding hydrogens is 460 g/mol. The first-order valence-corrected chi connectivity index (χ1v) is 10.4. The molecule has 0 saturated heterocycles. The maximum absolute atomic E-state index is 15.3. The molecule has 1 amide bonds. The number of halogens is 2. The lowest BCUT2D eigenvalue weighted by molar-refractivity contribution is -0.119. The molecule has 1 atom stereocenters. The topological polar surface area (TPSA) is 156 Å². The van der Waals surface area contributed by atoms with Crippen LogP contribution in [0.15, 0.2) is 65.6 Å². The first-order valence-electron chi connectivity index (χ1n) is 10.4. The summed E-state index contributed by atoms with van der Waals surface area (Å²) in [5.41, 5.74) is 20.1. The monoisotopic (exact) mass is 487 g/mol. The summed E-state index contributed by atoms with van der Waals surface area (Å²) in [5, 5.41) is 8.50. The molecule has 0 aliphatic carbocycles. The van der Waals surface area contributed by atoms with Crippen molar-refractivity contribution >= 4 is 23.1 Å². The molecule has 1 aliphatic heterocycles. The second-order valence-electron chi connectivity index (χ2n) is 7.89. The van der Waals surface area contributed by atoms with E-state index in [2.05, 4.69) is 5.43 Å². The summed E-state index contributed by atoms with van der Waals surface area (Å²) >= 11 is 0. The number of ether oxygens (including phenoxy) is 2. The molecule has 0 fully saturated rings. The number of nitrogens with zero attached hydrogens (tertiary/aromatic N) is 2. The zero-order valence-corrected chi connectivity index (χ0v) is 19.4. The number of hydrogen-bond acceptors (Lipinski definition) is 8. The van der Waals surface area contributed by atoms with Crippen molar-refractivity contribution in [2.24, 2.45) is 11.5 Å². The van der Waals surface area contributed by atoms with E-state index < -0.39 is 36.2 Å². The average Bonchev–Trinajstić information content (AvgIpc) is 2.81. The summed E-state index contributed by atoms with van der Waals surface area (Å²) in [6.45, 7) is 0.744. The Morgan fingerprint density at radius 2 is 1.91 bits per heavy atom. The Morgan fingerprint density at radius 1 is 1.20 bits per heavy atom. The average molecular weight is 488 g/mol. The number of anilines is 2. The molecule has 1 unspecified atom stereocenters. The molecule has 2 aromatic rings. The van der Waals surface area contributed by atoms with Gasteiger partial charge in [-0.05, 0) is 37.3 Å². The standard InChI is InChI=1S/C23H27F2N7O3/c1-12-19(24)22(34-15-6-4-5-14(10-15)31(2)3)32(30-11-18(27)33)23(20(12)25)35-17-9-13(21(28)29)7-8-16(17)26/h4-10,23,30H,11,26H2,1-3H3,(H2,27,33)(H3,28,29). The lowest BCUT2D eigenvalue weighted by atomic mass is 10.1. The van der Waals surface area contributed by atoms with Gasteiger partial charge in [-0.25, -0.2) is 19.2 Å². The molecule has 10 nitrogen and oxygen atoms in total. The van der Waals surface area contributed by atoms with E-state index in [1.165, 1.54) is 25.1 Å². The van der Waals surface area contributed by atoms with Gasteiger partial charge in [-0.1, -0.05) is 6.07 Å². The predicted molar refractivity (Wildman–Crippen MR) is 129 cm³/mol. The normalized spacial score (nSPS) is 15.8. The van der Waals surface area contributed by atoms with Crippen LogP contribution in [-0.4, -0.2) is 43.6 Å². The molecule has 0 bridgehead atoms. The highest BCUT2D eigenvalue weighted by Gasteiger charge is 2.39. The third-order valence-electron chi connectivity index (χ3n) is 5.08. The number of nitrogens with one attached hydrogen (secondary N) is 2. The summed E-state index contributed by atoms with van der Waals surface area (Å²) in [6, 6.07) is 11.1. The molecule has 35 heavy (non-hydrogen) atoms. The van der Waals surface area contributed by atoms with Crippen LogP contribution in [0.1, 0.15) is 12.5 Å². The van der Waals surface area contributed by atoms with Crippen molar-refractivity contribution in [3.63, 3.8) is 0 Å². The number of amides is 1. The van der Waals surface area contributed by atoms with E-state index in [0.717, 1.165) is 10.7 Å². The number of carbonyl (C=O) groups excluding carboxylic acids is 1. The van der Waals surface area contributed by atoms with Crippen LogP contribution in [0.2, 0.25) is 0 Å². The van der Waals surface area contributed by atoms with E-state index in [1.807, 2.05) is 25.1 Å². The minimum atomic E-state index is -1.63. The van der Waals surface area contributed by atoms with Gasteiger partial charge in [0.2, 0.25) is 12.1 Å². The fraction of sp³-hybridized carbons (Fsp3) is 0.217. The molecule has 3 rings (SSSR count). The Kier molecular flexibility index (Phi) is 7.45. The molecule has 1 heterocycles. The fourth-order valence-corrected chi connectivity index (χ4v) is 3.15. The van der Waals surface area contributed by atoms with E-state index in [9.17, 15) is 4.79 Å². The van der Waals surface area contributed by atoms with Crippen LogP contribution >= 0.6 is 0 Å². The Bertz CT molecular complexity index is 1210. The zero-order valence-electron chi connectivity index (χ0n) is 19.4. The summed E-state index contributed by atoms with van der Waals surface area (Å²) in [7, 11) is 3.65. The molecule has 0 saturated carbocycles. The van der Waals surface area contributed by atoms with Crippen molar-refractivity contribution in [3.05, 3.63) is 71.1 Å². The number of amidine groups is 1. The van der Waals surface area contributed by atoms with Crippen molar-refractivity contribution in [1.29, 1.82) is 5.41 Å². The van der Waals surface area contributed by atoms with Crippen molar-refractivity contribution in [3.8, 4) is 11.5 Å². The second kappa shape index (κ2) is 10.3. The molecule has 8 N–H and O–H groups in total. The van der Waals surface area contributed by atoms with Crippen LogP contribution in [0.4, 0.5) is 20.2 Å². The second-order valence-corrected chi connectivity index (χ2v) is 7.89. The number of carbonyl (C=O) groups is 1. The van der Waals surface area contributed by atoms with Gasteiger partial charge in [0.25, 0.3) is 5.88 Å². The number of primary amides is 1. The van der Waals surface area contributed by atoms with E-state index in [4.69, 9.17) is 32.1 Å². The van der Waals surface area contributed by atoms with Crippen molar-refractivity contribution in [2.45, 2.75) is 13.2 Å². The molecule has 1 aliphatic rings. The Hall–Kier alpha value is -4.32. The number of allylic oxidation sites excluding steroid dienone is 2. The van der Waals surface area contributed by atoms with E-state index in [-0.39, 0.29) is 34.2 Å². The van der Waals surface area contributed by atoms with Crippen LogP contribution in [-0.2, 0) is 4.79 Å². The largest absolute Gasteiger partial charge is 0.460 e. The summed E-state index contributed by atoms with van der Waals surface area (Å²) in [4.78, 5) is 13.3. The molecule has 12 heteroatoms. The number of hydrogen-bond donors (Lipinski definition) is 5. The van der Waals surface area contributed by atoms with Gasteiger partial charge in [0.05, 0.1) is 12.2 Å². The quantitative estimate of drug-likeness (QED) is 0.205. The molecule has 2 aromatic carbocycles. The summed E-state index contributed by atoms with van der Waals surface area (Å²) in [5.74, 6) is -3.28. The maximum atomic E-state index is 15.3. The van der Waals surface area contributed by atoms with E-state index >= 15 is 8.78 Å². The van der Waals surface area contributed by atoms with Crippen LogP contribution < -0.4 is 37.0 Å². The third-order valence-corrected chi connectivity index (χ3v) is 5.08. The summed E-state index contributed by atoms with van der Waals surface area (Å²) in [6.07, 6.45) is -1.63. The van der Waals surface area contributed by atoms with Gasteiger partial charge in [-0.2, -0.15) is 0 Å². The lowest BCUT2D eigenvalue weighted by Crippen LogP contribution is -2.53. The van der Waals surface area contributed by atoms with Crippen molar-refractivity contribution in [2.75, 3.05) is 31.3 Å². The lowest BCUT2D eigenvalue weighted by Gasteiger charge is -2.37. The molecule has 0 spiro atoms. The highest BCUT2D eigenvalue weighted by Crippen LogP contribution is 2.36. The SMILES string of the molecule is CC1=C(F)C(Oc2cc(C(=N)N)ccc2N)N(NCC(N)=O)C(Oc2cccc(N(C)C)c2)=C1F. The first-order chi connectivity index (χ1) is 16.5. The van der Waals surface area contributed by atoms with Crippen LogP contribution in [0.25, 0.3) is 0 Å². The molecular formula is C23H27F2N7O3. The van der Waals surface area contributed by atoms with Crippen LogP contribution in [0.3, 0.4) is 0 Å². The van der Waals surface area contributed by atoms with Gasteiger partial charge in [-0.3, -0.25) is 10.2 Å². The van der Waals surface area contributed by atoms with Gasteiger partial charge in [0.15, 0.2) is 11.7 Å². The zero-order chi connectivity index (χ0) is 25.9. The van der Waals surface area contributed by atoms with Gasteiger partial charge in [0, 0.05) is 37.0 Å². The van der Waals surface area contributed by atoms with E-state index in [0.29, 0.717) is 0 Å². The number of rotatable bonds is 9. The fourth-order valence-electron chi connectivity index (χ4n) is 3.15. The van der Waals surface area contributed by atoms with Crippen molar-refractivity contribution in [1.82, 2.24) is 10.4 Å². The van der Waals surface area contributed by atoms with Gasteiger partial charge in [-0.15, -0.1) is 0 Å². The number of benzene rings is 2.